The number of aliphatic carboxylic acids is 1. The summed E-state index contributed by atoms with van der Waals surface area (Å²) in [6, 6.07) is 17.1. The van der Waals surface area contributed by atoms with E-state index in [9.17, 15) is 13.2 Å². The summed E-state index contributed by atoms with van der Waals surface area (Å²) < 4.78 is 32.1. The molecule has 2 saturated heterocycles. The predicted octanol–water partition coefficient (Wildman–Crippen LogP) is 5.20. The molecule has 9 nitrogen and oxygen atoms in total. The Labute approximate surface area is 249 Å². The zero-order valence-corrected chi connectivity index (χ0v) is 25.2. The van der Waals surface area contributed by atoms with Crippen molar-refractivity contribution in [2.24, 2.45) is 0 Å². The molecule has 1 aromatic heterocycles. The molecule has 2 fully saturated rings. The lowest BCUT2D eigenvalue weighted by atomic mass is 10.1. The molecule has 0 spiro atoms. The first-order valence-corrected chi connectivity index (χ1v) is 16.2. The van der Waals surface area contributed by atoms with Gasteiger partial charge in [0.2, 0.25) is 0 Å². The van der Waals surface area contributed by atoms with Crippen molar-refractivity contribution in [2.75, 3.05) is 18.1 Å². The van der Waals surface area contributed by atoms with Crippen LogP contribution in [0.4, 0.5) is 0 Å². The molecule has 0 aliphatic carbocycles. The van der Waals surface area contributed by atoms with Crippen LogP contribution in [0.5, 0.6) is 5.75 Å². The van der Waals surface area contributed by atoms with E-state index in [2.05, 4.69) is 6.92 Å². The first-order valence-electron chi connectivity index (χ1n) is 13.1. The number of hydrogen-bond acceptors (Lipinski definition) is 8. The van der Waals surface area contributed by atoms with Crippen LogP contribution < -0.4 is 4.74 Å². The lowest BCUT2D eigenvalue weighted by molar-refractivity contribution is -0.134. The van der Waals surface area contributed by atoms with E-state index >= 15 is 0 Å². The molecule has 2 aliphatic heterocycles. The molecule has 2 aliphatic rings. The third-order valence-corrected chi connectivity index (χ3v) is 9.40. The third-order valence-electron chi connectivity index (χ3n) is 6.32. The van der Waals surface area contributed by atoms with E-state index in [1.54, 1.807) is 10.8 Å². The van der Waals surface area contributed by atoms with Crippen LogP contribution in [-0.2, 0) is 19.4 Å². The van der Waals surface area contributed by atoms with Crippen molar-refractivity contribution < 1.29 is 27.9 Å². The van der Waals surface area contributed by atoms with Crippen LogP contribution in [0, 0.1) is 0 Å². The van der Waals surface area contributed by atoms with Crippen molar-refractivity contribution in [3.05, 3.63) is 71.3 Å². The molecule has 1 atom stereocenters. The topological polar surface area (TPSA) is 119 Å². The maximum atomic E-state index is 13.4. The van der Waals surface area contributed by atoms with Crippen LogP contribution in [-0.4, -0.2) is 68.6 Å². The SMILES string of the molecule is CC(=O)O.CCCCOc1cccc(-c2nn(-c3ccccc3)cc2/C=C2\SC(=S)N(C3CCS(=O)(=O)C3)C2=O)c1. The standard InChI is InChI=1S/C27H27N3O4S3.C2H4O2/c1-2-3-13-34-23-11-7-8-19(15-23)25-20(17-29(28-25)21-9-5-4-6-10-21)16-24-26(31)30(27(35)36-24)22-12-14-37(32,33)18-22;1-2(3)4/h4-11,15-17,22H,2-3,12-14,18H2,1H3;1H3,(H,3,4)/b24-16-;. The molecule has 2 aromatic carbocycles. The highest BCUT2D eigenvalue weighted by molar-refractivity contribution is 8.26. The van der Waals surface area contributed by atoms with Crippen molar-refractivity contribution in [3.63, 3.8) is 0 Å². The summed E-state index contributed by atoms with van der Waals surface area (Å²) >= 11 is 6.69. The number of hydrogen-bond donors (Lipinski definition) is 1. The van der Waals surface area contributed by atoms with Gasteiger partial charge in [-0.2, -0.15) is 5.10 Å². The normalized spacial score (nSPS) is 18.8. The molecule has 216 valence electrons. The number of benzene rings is 2. The molecule has 1 unspecified atom stereocenters. The van der Waals surface area contributed by atoms with Crippen LogP contribution in [0.2, 0.25) is 0 Å². The van der Waals surface area contributed by atoms with Crippen molar-refractivity contribution in [3.8, 4) is 22.7 Å². The van der Waals surface area contributed by atoms with Gasteiger partial charge in [0.1, 0.15) is 15.8 Å². The minimum Gasteiger partial charge on any atom is -0.494 e. The van der Waals surface area contributed by atoms with Crippen molar-refractivity contribution >= 4 is 56.1 Å². The minimum atomic E-state index is -3.15. The fraction of sp³-hybridized carbons (Fsp3) is 0.310. The second-order valence-electron chi connectivity index (χ2n) is 9.57. The summed E-state index contributed by atoms with van der Waals surface area (Å²) in [6.45, 7) is 3.85. The van der Waals surface area contributed by atoms with E-state index < -0.39 is 21.8 Å². The number of unbranched alkanes of at least 4 members (excludes halogenated alkanes) is 1. The number of thiocarbonyl (C=S) groups is 1. The van der Waals surface area contributed by atoms with Crippen molar-refractivity contribution in [1.82, 2.24) is 14.7 Å². The highest BCUT2D eigenvalue weighted by atomic mass is 32.2. The summed E-state index contributed by atoms with van der Waals surface area (Å²) in [5.74, 6) is -0.292. The third kappa shape index (κ3) is 7.84. The van der Waals surface area contributed by atoms with E-state index in [4.69, 9.17) is 32.0 Å². The van der Waals surface area contributed by atoms with Gasteiger partial charge in [-0.25, -0.2) is 13.1 Å². The fourth-order valence-electron chi connectivity index (χ4n) is 4.41. The van der Waals surface area contributed by atoms with E-state index in [-0.39, 0.29) is 17.4 Å². The molecular formula is C29H31N3O6S3. The predicted molar refractivity (Wildman–Crippen MR) is 165 cm³/mol. The average molecular weight is 614 g/mol. The summed E-state index contributed by atoms with van der Waals surface area (Å²) in [6.07, 6.45) is 6.12. The monoisotopic (exact) mass is 613 g/mol. The molecule has 5 rings (SSSR count). The van der Waals surface area contributed by atoms with Gasteiger partial charge < -0.3 is 9.84 Å². The zero-order chi connectivity index (χ0) is 29.6. The summed E-state index contributed by atoms with van der Waals surface area (Å²) in [7, 11) is -3.15. The number of carboxylic acid groups (broad SMARTS) is 1. The number of para-hydroxylation sites is 1. The quantitative estimate of drug-likeness (QED) is 0.208. The number of sulfone groups is 1. The molecule has 1 amide bonds. The van der Waals surface area contributed by atoms with E-state index in [0.717, 1.165) is 42.3 Å². The molecule has 1 N–H and O–H groups in total. The maximum Gasteiger partial charge on any atom is 0.300 e. The zero-order valence-electron chi connectivity index (χ0n) is 22.7. The number of ether oxygens (including phenoxy) is 1. The maximum absolute atomic E-state index is 13.4. The van der Waals surface area contributed by atoms with Gasteiger partial charge in [0, 0.05) is 24.2 Å². The number of carboxylic acids is 1. The number of nitrogens with zero attached hydrogens (tertiary/aromatic N) is 3. The number of carbonyl (C=O) groups is 2. The fourth-order valence-corrected chi connectivity index (χ4v) is 7.50. The van der Waals surface area contributed by atoms with E-state index in [1.165, 1.54) is 16.7 Å². The van der Waals surface area contributed by atoms with Crippen molar-refractivity contribution in [2.45, 2.75) is 39.2 Å². The van der Waals surface area contributed by atoms with Crippen LogP contribution in [0.1, 0.15) is 38.7 Å². The molecule has 3 aromatic rings. The Kier molecular flexibility index (Phi) is 10.0. The molecular weight excluding hydrogens is 583 g/mol. The van der Waals surface area contributed by atoms with Crippen LogP contribution in [0.15, 0.2) is 65.7 Å². The average Bonchev–Trinajstić information content (AvgIpc) is 3.59. The first-order chi connectivity index (χ1) is 19.6. The Morgan fingerprint density at radius 1 is 1.22 bits per heavy atom. The number of thioether (sulfide) groups is 1. The Morgan fingerprint density at radius 2 is 1.95 bits per heavy atom. The van der Waals surface area contributed by atoms with E-state index in [1.807, 2.05) is 60.8 Å². The molecule has 0 radical (unpaired) electrons. The smallest absolute Gasteiger partial charge is 0.300 e. The second kappa shape index (κ2) is 13.5. The van der Waals surface area contributed by atoms with Crippen LogP contribution in [0.3, 0.4) is 0 Å². The van der Waals surface area contributed by atoms with Gasteiger partial charge in [0.05, 0.1) is 34.7 Å². The Balaban J connectivity index is 0.000000909. The van der Waals surface area contributed by atoms with Crippen LogP contribution in [0.25, 0.3) is 23.0 Å². The van der Waals surface area contributed by atoms with Gasteiger partial charge in [-0.3, -0.25) is 14.5 Å². The summed E-state index contributed by atoms with van der Waals surface area (Å²) in [4.78, 5) is 24.3. The van der Waals surface area contributed by atoms with Gasteiger partial charge in [0.15, 0.2) is 9.84 Å². The Bertz CT molecular complexity index is 1560. The van der Waals surface area contributed by atoms with Gasteiger partial charge in [-0.1, -0.05) is 67.7 Å². The second-order valence-corrected chi connectivity index (χ2v) is 13.5. The summed E-state index contributed by atoms with van der Waals surface area (Å²) in [5, 5.41) is 12.3. The lowest BCUT2D eigenvalue weighted by Crippen LogP contribution is -2.39. The number of carbonyl (C=O) groups excluding carboxylic acids is 1. The van der Waals surface area contributed by atoms with Gasteiger partial charge in [-0.15, -0.1) is 0 Å². The van der Waals surface area contributed by atoms with Gasteiger partial charge in [0.25, 0.3) is 11.9 Å². The largest absolute Gasteiger partial charge is 0.494 e. The lowest BCUT2D eigenvalue weighted by Gasteiger charge is -2.20. The first kappa shape index (κ1) is 30.5. The van der Waals surface area contributed by atoms with Crippen molar-refractivity contribution in [1.29, 1.82) is 0 Å². The molecule has 0 bridgehead atoms. The molecule has 12 heteroatoms. The molecule has 41 heavy (non-hydrogen) atoms. The highest BCUT2D eigenvalue weighted by Gasteiger charge is 2.42. The van der Waals surface area contributed by atoms with E-state index in [0.29, 0.717) is 27.9 Å². The number of aromatic nitrogens is 2. The Hall–Kier alpha value is -3.48. The van der Waals surface area contributed by atoms with Crippen LogP contribution >= 0.6 is 24.0 Å². The highest BCUT2D eigenvalue weighted by Crippen LogP contribution is 2.38. The summed E-state index contributed by atoms with van der Waals surface area (Å²) in [5.41, 5.74) is 3.22. The van der Waals surface area contributed by atoms with Gasteiger partial charge >= 0.3 is 0 Å². The number of amides is 1. The molecule has 0 saturated carbocycles. The minimum absolute atomic E-state index is 0.0469. The van der Waals surface area contributed by atoms with Gasteiger partial charge in [-0.05, 0) is 43.2 Å². The Morgan fingerprint density at radius 3 is 2.61 bits per heavy atom. The molecule has 3 heterocycles. The number of rotatable bonds is 8.